The number of amides is 1. The first-order chi connectivity index (χ1) is 9.23. The summed E-state index contributed by atoms with van der Waals surface area (Å²) in [6.07, 6.45) is -1.57. The summed E-state index contributed by atoms with van der Waals surface area (Å²) in [5.74, 6) is -1.16. The van der Waals surface area contributed by atoms with Gasteiger partial charge < -0.3 is 24.2 Å². The van der Waals surface area contributed by atoms with Crippen molar-refractivity contribution in [2.24, 2.45) is 5.92 Å². The number of ether oxygens (including phenoxy) is 3. The Kier molecular flexibility index (Phi) is 5.76. The highest BCUT2D eigenvalue weighted by atomic mass is 16.6. The predicted octanol–water partition coefficient (Wildman–Crippen LogP) is 0.970. The second-order valence-corrected chi connectivity index (χ2v) is 5.87. The van der Waals surface area contributed by atoms with E-state index in [9.17, 15) is 9.59 Å². The molecule has 0 radical (unpaired) electrons. The zero-order chi connectivity index (χ0) is 15.3. The number of methoxy groups -OCH3 is 1. The van der Waals surface area contributed by atoms with Crippen molar-refractivity contribution >= 4 is 12.1 Å². The molecule has 2 atom stereocenters. The molecule has 1 rings (SSSR count). The summed E-state index contributed by atoms with van der Waals surface area (Å²) in [5, 5.41) is 9.08. The van der Waals surface area contributed by atoms with Gasteiger partial charge in [-0.05, 0) is 20.8 Å². The van der Waals surface area contributed by atoms with Crippen LogP contribution in [0.25, 0.3) is 0 Å². The summed E-state index contributed by atoms with van der Waals surface area (Å²) in [6.45, 7) is 6.26. The molecule has 1 aliphatic heterocycles. The third-order valence-corrected chi connectivity index (χ3v) is 2.73. The van der Waals surface area contributed by atoms with Crippen LogP contribution in [0.5, 0.6) is 0 Å². The molecule has 7 heteroatoms. The molecule has 1 heterocycles. The Morgan fingerprint density at radius 2 is 2.00 bits per heavy atom. The lowest BCUT2D eigenvalue weighted by molar-refractivity contribution is -0.150. The average Bonchev–Trinajstić information content (AvgIpc) is 2.50. The molecule has 1 N–H and O–H groups in total. The van der Waals surface area contributed by atoms with Crippen molar-refractivity contribution in [3.8, 4) is 0 Å². The molecule has 1 aliphatic rings. The van der Waals surface area contributed by atoms with Crippen molar-refractivity contribution in [3.05, 3.63) is 0 Å². The van der Waals surface area contributed by atoms with E-state index in [1.54, 1.807) is 27.9 Å². The lowest BCUT2D eigenvalue weighted by Gasteiger charge is -2.28. The standard InChI is InChI=1S/C13H23NO6/c1-13(2,3)20-12(17)14-5-9(7-18-4)8-19-10(6-14)11(15)16/h9-10H,5-8H2,1-4H3,(H,15,16)/t9?,10-/m0/s1. The molecular formula is C13H23NO6. The summed E-state index contributed by atoms with van der Waals surface area (Å²) in [4.78, 5) is 24.6. The van der Waals surface area contributed by atoms with Crippen LogP contribution in [0.3, 0.4) is 0 Å². The highest BCUT2D eigenvalue weighted by Gasteiger charge is 2.33. The zero-order valence-electron chi connectivity index (χ0n) is 12.4. The number of carboxylic acid groups (broad SMARTS) is 1. The third kappa shape index (κ3) is 5.34. The summed E-state index contributed by atoms with van der Waals surface area (Å²) < 4.78 is 15.7. The average molecular weight is 289 g/mol. The number of hydrogen-bond acceptors (Lipinski definition) is 5. The molecule has 116 valence electrons. The summed E-state index contributed by atoms with van der Waals surface area (Å²) in [5.41, 5.74) is -0.625. The summed E-state index contributed by atoms with van der Waals surface area (Å²) >= 11 is 0. The van der Waals surface area contributed by atoms with E-state index in [1.807, 2.05) is 0 Å². The van der Waals surface area contributed by atoms with Gasteiger partial charge >= 0.3 is 12.1 Å². The maximum Gasteiger partial charge on any atom is 0.410 e. The van der Waals surface area contributed by atoms with Crippen LogP contribution >= 0.6 is 0 Å². The van der Waals surface area contributed by atoms with Crippen LogP contribution in [-0.2, 0) is 19.0 Å². The zero-order valence-corrected chi connectivity index (χ0v) is 12.4. The van der Waals surface area contributed by atoms with E-state index in [0.29, 0.717) is 13.2 Å². The highest BCUT2D eigenvalue weighted by molar-refractivity contribution is 5.74. The van der Waals surface area contributed by atoms with E-state index in [4.69, 9.17) is 19.3 Å². The van der Waals surface area contributed by atoms with Crippen LogP contribution in [0.2, 0.25) is 0 Å². The molecule has 20 heavy (non-hydrogen) atoms. The number of carbonyl (C=O) groups excluding carboxylic acids is 1. The molecule has 7 nitrogen and oxygen atoms in total. The largest absolute Gasteiger partial charge is 0.479 e. The van der Waals surface area contributed by atoms with Gasteiger partial charge in [-0.25, -0.2) is 9.59 Å². The number of rotatable bonds is 3. The number of carbonyl (C=O) groups is 2. The summed E-state index contributed by atoms with van der Waals surface area (Å²) in [6, 6.07) is 0. The Hall–Kier alpha value is -1.34. The number of hydrogen-bond donors (Lipinski definition) is 1. The van der Waals surface area contributed by atoms with Crippen molar-refractivity contribution in [1.82, 2.24) is 4.90 Å². The smallest absolute Gasteiger partial charge is 0.410 e. The first-order valence-electron chi connectivity index (χ1n) is 6.54. The maximum atomic E-state index is 12.1. The fourth-order valence-electron chi connectivity index (χ4n) is 1.91. The fraction of sp³-hybridized carbons (Fsp3) is 0.846. The Morgan fingerprint density at radius 3 is 2.50 bits per heavy atom. The van der Waals surface area contributed by atoms with Crippen LogP contribution in [0, 0.1) is 5.92 Å². The van der Waals surface area contributed by atoms with Gasteiger partial charge in [0.25, 0.3) is 0 Å². The van der Waals surface area contributed by atoms with Crippen molar-refractivity contribution in [2.45, 2.75) is 32.5 Å². The first kappa shape index (κ1) is 16.7. The quantitative estimate of drug-likeness (QED) is 0.833. The summed E-state index contributed by atoms with van der Waals surface area (Å²) in [7, 11) is 1.55. The molecule has 1 saturated heterocycles. The van der Waals surface area contributed by atoms with Gasteiger partial charge in [-0.2, -0.15) is 0 Å². The second kappa shape index (κ2) is 6.90. The molecule has 1 fully saturated rings. The van der Waals surface area contributed by atoms with Gasteiger partial charge in [0.1, 0.15) is 5.60 Å². The molecule has 0 aliphatic carbocycles. The van der Waals surface area contributed by atoms with Crippen molar-refractivity contribution in [3.63, 3.8) is 0 Å². The lowest BCUT2D eigenvalue weighted by Crippen LogP contribution is -2.43. The van der Waals surface area contributed by atoms with Crippen molar-refractivity contribution in [1.29, 1.82) is 0 Å². The Balaban J connectivity index is 2.77. The number of nitrogens with zero attached hydrogens (tertiary/aromatic N) is 1. The number of carboxylic acids is 1. The van der Waals surface area contributed by atoms with Gasteiger partial charge in [-0.15, -0.1) is 0 Å². The molecule has 0 saturated carbocycles. The Morgan fingerprint density at radius 1 is 1.35 bits per heavy atom. The van der Waals surface area contributed by atoms with Crippen LogP contribution in [-0.4, -0.2) is 67.2 Å². The molecule has 0 aromatic carbocycles. The van der Waals surface area contributed by atoms with Gasteiger partial charge in [0.15, 0.2) is 6.10 Å². The van der Waals surface area contributed by atoms with E-state index in [0.717, 1.165) is 0 Å². The van der Waals surface area contributed by atoms with Gasteiger partial charge in [-0.3, -0.25) is 0 Å². The topological polar surface area (TPSA) is 85.3 Å². The van der Waals surface area contributed by atoms with E-state index in [-0.39, 0.29) is 19.1 Å². The van der Waals surface area contributed by atoms with Crippen LogP contribution in [0.1, 0.15) is 20.8 Å². The first-order valence-corrected chi connectivity index (χ1v) is 6.54. The highest BCUT2D eigenvalue weighted by Crippen LogP contribution is 2.16. The predicted molar refractivity (Wildman–Crippen MR) is 70.5 cm³/mol. The monoisotopic (exact) mass is 289 g/mol. The van der Waals surface area contributed by atoms with E-state index in [1.165, 1.54) is 4.90 Å². The molecule has 0 aromatic heterocycles. The molecule has 0 bridgehead atoms. The number of aliphatic carboxylic acids is 1. The molecule has 1 unspecified atom stereocenters. The Bertz CT molecular complexity index is 351. The van der Waals surface area contributed by atoms with Crippen molar-refractivity contribution < 1.29 is 28.9 Å². The van der Waals surface area contributed by atoms with E-state index < -0.39 is 23.8 Å². The third-order valence-electron chi connectivity index (χ3n) is 2.73. The van der Waals surface area contributed by atoms with Crippen LogP contribution in [0.15, 0.2) is 0 Å². The molecule has 0 spiro atoms. The van der Waals surface area contributed by atoms with E-state index >= 15 is 0 Å². The van der Waals surface area contributed by atoms with Crippen LogP contribution in [0.4, 0.5) is 4.79 Å². The minimum absolute atomic E-state index is 0.0234. The van der Waals surface area contributed by atoms with Crippen molar-refractivity contribution in [2.75, 3.05) is 33.4 Å². The molecular weight excluding hydrogens is 266 g/mol. The lowest BCUT2D eigenvalue weighted by atomic mass is 10.1. The Labute approximate surface area is 118 Å². The SMILES string of the molecule is COCC1CO[C@H](C(=O)O)CN(C(=O)OC(C)(C)C)C1. The maximum absolute atomic E-state index is 12.1. The van der Waals surface area contributed by atoms with Gasteiger partial charge in [0.2, 0.25) is 0 Å². The minimum Gasteiger partial charge on any atom is -0.479 e. The van der Waals surface area contributed by atoms with E-state index in [2.05, 4.69) is 0 Å². The molecule has 1 amide bonds. The van der Waals surface area contributed by atoms with Crippen LogP contribution < -0.4 is 0 Å². The molecule has 0 aromatic rings. The normalized spacial score (nSPS) is 24.1. The fourth-order valence-corrected chi connectivity index (χ4v) is 1.91. The van der Waals surface area contributed by atoms with Gasteiger partial charge in [0.05, 0.1) is 19.8 Å². The minimum atomic E-state index is -1.09. The van der Waals surface area contributed by atoms with Gasteiger partial charge in [0, 0.05) is 19.6 Å². The second-order valence-electron chi connectivity index (χ2n) is 5.87. The van der Waals surface area contributed by atoms with Gasteiger partial charge in [-0.1, -0.05) is 0 Å².